The topological polar surface area (TPSA) is 92.3 Å². The van der Waals surface area contributed by atoms with E-state index in [0.29, 0.717) is 11.3 Å². The Balaban J connectivity index is 1.91. The van der Waals surface area contributed by atoms with E-state index in [9.17, 15) is 22.4 Å². The highest BCUT2D eigenvalue weighted by Gasteiger charge is 2.18. The molecular weight excluding hydrogens is 347 g/mol. The van der Waals surface area contributed by atoms with Gasteiger partial charge in [-0.25, -0.2) is 17.5 Å². The number of Topliss-reactive ketones (excluding diaryl/α,β-unsaturated/α-hetero) is 1. The fourth-order valence-electron chi connectivity index (χ4n) is 2.08. The zero-order chi connectivity index (χ0) is 18.4. The van der Waals surface area contributed by atoms with Crippen molar-refractivity contribution in [2.45, 2.75) is 18.2 Å². The van der Waals surface area contributed by atoms with Gasteiger partial charge in [-0.3, -0.25) is 9.59 Å². The lowest BCUT2D eigenvalue weighted by atomic mass is 10.1. The molecule has 0 saturated heterocycles. The van der Waals surface area contributed by atoms with E-state index in [2.05, 4.69) is 10.0 Å². The maximum Gasteiger partial charge on any atom is 0.243 e. The lowest BCUT2D eigenvalue weighted by molar-refractivity contribution is -0.116. The molecule has 0 spiro atoms. The third-order valence-corrected chi connectivity index (χ3v) is 4.82. The number of amides is 1. The minimum Gasteiger partial charge on any atom is -0.326 e. The van der Waals surface area contributed by atoms with Crippen molar-refractivity contribution >= 4 is 27.4 Å². The van der Waals surface area contributed by atoms with E-state index in [1.165, 1.54) is 25.1 Å². The van der Waals surface area contributed by atoms with Crippen LogP contribution < -0.4 is 10.0 Å². The van der Waals surface area contributed by atoms with Crippen LogP contribution in [0.25, 0.3) is 0 Å². The van der Waals surface area contributed by atoms with Gasteiger partial charge in [-0.1, -0.05) is 24.3 Å². The summed E-state index contributed by atoms with van der Waals surface area (Å²) in [6.45, 7) is 1.23. The van der Waals surface area contributed by atoms with Gasteiger partial charge in [-0.2, -0.15) is 0 Å². The molecule has 0 aliphatic rings. The number of benzene rings is 2. The Morgan fingerprint density at radius 1 is 1.08 bits per heavy atom. The van der Waals surface area contributed by atoms with Crippen LogP contribution in [0.15, 0.2) is 53.4 Å². The number of carbonyl (C=O) groups excluding carboxylic acids is 2. The second kappa shape index (κ2) is 8.00. The number of sulfonamides is 1. The second-order valence-electron chi connectivity index (χ2n) is 5.26. The summed E-state index contributed by atoms with van der Waals surface area (Å²) in [6, 6.07) is 11.4. The Bertz CT molecular complexity index is 897. The van der Waals surface area contributed by atoms with Gasteiger partial charge in [0.15, 0.2) is 5.78 Å². The van der Waals surface area contributed by atoms with E-state index in [-0.39, 0.29) is 18.7 Å². The summed E-state index contributed by atoms with van der Waals surface area (Å²) in [7, 11) is -4.03. The van der Waals surface area contributed by atoms with Gasteiger partial charge in [0, 0.05) is 24.2 Å². The molecule has 25 heavy (non-hydrogen) atoms. The van der Waals surface area contributed by atoms with Gasteiger partial charge >= 0.3 is 0 Å². The van der Waals surface area contributed by atoms with Crippen molar-refractivity contribution in [1.29, 1.82) is 0 Å². The molecule has 132 valence electrons. The number of carbonyl (C=O) groups is 2. The molecule has 0 aliphatic heterocycles. The highest BCUT2D eigenvalue weighted by atomic mass is 32.2. The summed E-state index contributed by atoms with van der Waals surface area (Å²) in [4.78, 5) is 22.7. The molecule has 2 N–H and O–H groups in total. The van der Waals surface area contributed by atoms with E-state index in [1.54, 1.807) is 18.2 Å². The molecule has 0 aliphatic carbocycles. The molecule has 0 heterocycles. The van der Waals surface area contributed by atoms with Crippen molar-refractivity contribution in [3.05, 3.63) is 59.9 Å². The van der Waals surface area contributed by atoms with E-state index in [4.69, 9.17) is 0 Å². The van der Waals surface area contributed by atoms with Crippen molar-refractivity contribution in [2.75, 3.05) is 11.9 Å². The summed E-state index contributed by atoms with van der Waals surface area (Å²) >= 11 is 0. The highest BCUT2D eigenvalue weighted by Crippen LogP contribution is 2.13. The van der Waals surface area contributed by atoms with Gasteiger partial charge in [-0.05, 0) is 31.2 Å². The van der Waals surface area contributed by atoms with Gasteiger partial charge < -0.3 is 5.32 Å². The first-order valence-corrected chi connectivity index (χ1v) is 8.93. The standard InChI is InChI=1S/C17H17FN2O4S/c1-12(21)13-5-4-6-14(11-13)20-17(22)9-10-19-25(23,24)16-8-3-2-7-15(16)18/h2-8,11,19H,9-10H2,1H3,(H,20,22). The molecular formula is C17H17FN2O4S. The summed E-state index contributed by atoms with van der Waals surface area (Å²) < 4.78 is 39.7. The first-order valence-electron chi connectivity index (χ1n) is 7.44. The third-order valence-electron chi connectivity index (χ3n) is 3.32. The fourth-order valence-corrected chi connectivity index (χ4v) is 3.19. The SMILES string of the molecule is CC(=O)c1cccc(NC(=O)CCNS(=O)(=O)c2ccccc2F)c1. The fraction of sp³-hybridized carbons (Fsp3) is 0.176. The third kappa shape index (κ3) is 5.20. The predicted molar refractivity (Wildman–Crippen MR) is 91.3 cm³/mol. The Labute approximate surface area is 145 Å². The molecule has 0 bridgehead atoms. The zero-order valence-corrected chi connectivity index (χ0v) is 14.3. The van der Waals surface area contributed by atoms with Gasteiger partial charge in [-0.15, -0.1) is 0 Å². The molecule has 0 aromatic heterocycles. The highest BCUT2D eigenvalue weighted by molar-refractivity contribution is 7.89. The number of rotatable bonds is 7. The molecule has 0 atom stereocenters. The predicted octanol–water partition coefficient (Wildman–Crippen LogP) is 2.34. The molecule has 6 nitrogen and oxygen atoms in total. The van der Waals surface area contributed by atoms with Crippen LogP contribution in [0.5, 0.6) is 0 Å². The molecule has 0 unspecified atom stereocenters. The summed E-state index contributed by atoms with van der Waals surface area (Å²) in [5.41, 5.74) is 0.896. The van der Waals surface area contributed by atoms with Gasteiger partial charge in [0.25, 0.3) is 0 Å². The molecule has 8 heteroatoms. The van der Waals surface area contributed by atoms with E-state index < -0.39 is 26.6 Å². The largest absolute Gasteiger partial charge is 0.326 e. The molecule has 0 fully saturated rings. The van der Waals surface area contributed by atoms with Crippen molar-refractivity contribution in [3.63, 3.8) is 0 Å². The Morgan fingerprint density at radius 3 is 2.48 bits per heavy atom. The number of hydrogen-bond donors (Lipinski definition) is 2. The Kier molecular flexibility index (Phi) is 6.00. The van der Waals surface area contributed by atoms with Crippen molar-refractivity contribution < 1.29 is 22.4 Å². The Hall–Kier alpha value is -2.58. The number of halogens is 1. The maximum absolute atomic E-state index is 13.5. The average Bonchev–Trinajstić information content (AvgIpc) is 2.55. The van der Waals surface area contributed by atoms with Crippen LogP contribution in [-0.4, -0.2) is 26.7 Å². The number of hydrogen-bond acceptors (Lipinski definition) is 4. The lowest BCUT2D eigenvalue weighted by Crippen LogP contribution is -2.28. The van der Waals surface area contributed by atoms with Crippen LogP contribution in [0.3, 0.4) is 0 Å². The van der Waals surface area contributed by atoms with Gasteiger partial charge in [0.1, 0.15) is 10.7 Å². The Morgan fingerprint density at radius 2 is 1.80 bits per heavy atom. The number of ketones is 1. The molecule has 0 radical (unpaired) electrons. The van der Waals surface area contributed by atoms with Gasteiger partial charge in [0.2, 0.25) is 15.9 Å². The monoisotopic (exact) mass is 364 g/mol. The summed E-state index contributed by atoms with van der Waals surface area (Å²) in [5.74, 6) is -1.42. The average molecular weight is 364 g/mol. The summed E-state index contributed by atoms with van der Waals surface area (Å²) in [6.07, 6.45) is -0.141. The minimum absolute atomic E-state index is 0.131. The smallest absolute Gasteiger partial charge is 0.243 e. The quantitative estimate of drug-likeness (QED) is 0.738. The normalized spacial score (nSPS) is 11.1. The van der Waals surface area contributed by atoms with Crippen LogP contribution in [0.2, 0.25) is 0 Å². The number of nitrogens with one attached hydrogen (secondary N) is 2. The molecule has 2 aromatic carbocycles. The molecule has 1 amide bonds. The number of anilines is 1. The van der Waals surface area contributed by atoms with Crippen LogP contribution in [0.4, 0.5) is 10.1 Å². The lowest BCUT2D eigenvalue weighted by Gasteiger charge is -2.09. The van der Waals surface area contributed by atoms with Crippen LogP contribution >= 0.6 is 0 Å². The van der Waals surface area contributed by atoms with E-state index in [1.807, 2.05) is 0 Å². The van der Waals surface area contributed by atoms with E-state index in [0.717, 1.165) is 12.1 Å². The van der Waals surface area contributed by atoms with Crippen LogP contribution in [0, 0.1) is 5.82 Å². The van der Waals surface area contributed by atoms with Gasteiger partial charge in [0.05, 0.1) is 0 Å². The van der Waals surface area contributed by atoms with Crippen molar-refractivity contribution in [2.24, 2.45) is 0 Å². The first kappa shape index (κ1) is 18.8. The first-order chi connectivity index (χ1) is 11.8. The van der Waals surface area contributed by atoms with E-state index >= 15 is 0 Å². The molecule has 2 rings (SSSR count). The van der Waals surface area contributed by atoms with Crippen molar-refractivity contribution in [3.8, 4) is 0 Å². The zero-order valence-electron chi connectivity index (χ0n) is 13.5. The van der Waals surface area contributed by atoms with Crippen LogP contribution in [-0.2, 0) is 14.8 Å². The van der Waals surface area contributed by atoms with Crippen LogP contribution in [0.1, 0.15) is 23.7 Å². The minimum atomic E-state index is -4.03. The summed E-state index contributed by atoms with van der Waals surface area (Å²) in [5, 5.41) is 2.57. The van der Waals surface area contributed by atoms with Crippen molar-refractivity contribution in [1.82, 2.24) is 4.72 Å². The second-order valence-corrected chi connectivity index (χ2v) is 7.00. The molecule has 0 saturated carbocycles. The maximum atomic E-state index is 13.5. The molecule has 2 aromatic rings.